The number of hydrogen-bond donors (Lipinski definition) is 2. The Hall–Kier alpha value is -2.67. The second kappa shape index (κ2) is 6.45. The molecular weight excluding hydrogens is 308 g/mol. The standard InChI is InChI=1S/C17H20N4O3/c1-10(2)21-16-13(9-19-21)12(17(23)18-8-11(3)22)7-14(20-16)15-5-4-6-24-15/h4-7,9-11,22H,8H2,1-3H3,(H,18,23). The fraction of sp³-hybridized carbons (Fsp3) is 0.353. The van der Waals surface area contributed by atoms with Gasteiger partial charge in [0.1, 0.15) is 5.69 Å². The van der Waals surface area contributed by atoms with Crippen LogP contribution in [0.3, 0.4) is 0 Å². The van der Waals surface area contributed by atoms with Gasteiger partial charge in [-0.1, -0.05) is 0 Å². The molecule has 0 aliphatic rings. The minimum atomic E-state index is -0.616. The fourth-order valence-electron chi connectivity index (χ4n) is 2.47. The van der Waals surface area contributed by atoms with Crippen molar-refractivity contribution >= 4 is 16.9 Å². The zero-order chi connectivity index (χ0) is 17.3. The lowest BCUT2D eigenvalue weighted by atomic mass is 10.1. The first-order chi connectivity index (χ1) is 11.5. The van der Waals surface area contributed by atoms with Gasteiger partial charge in [-0.25, -0.2) is 9.67 Å². The Morgan fingerprint density at radius 2 is 2.21 bits per heavy atom. The van der Waals surface area contributed by atoms with E-state index < -0.39 is 6.10 Å². The third-order valence-corrected chi connectivity index (χ3v) is 3.63. The summed E-state index contributed by atoms with van der Waals surface area (Å²) in [4.78, 5) is 17.2. The van der Waals surface area contributed by atoms with Crippen LogP contribution in [0.4, 0.5) is 0 Å². The van der Waals surface area contributed by atoms with Crippen LogP contribution in [0.15, 0.2) is 35.1 Å². The van der Waals surface area contributed by atoms with Gasteiger partial charge in [-0.3, -0.25) is 4.79 Å². The van der Waals surface area contributed by atoms with E-state index in [4.69, 9.17) is 4.42 Å². The summed E-state index contributed by atoms with van der Waals surface area (Å²) >= 11 is 0. The summed E-state index contributed by atoms with van der Waals surface area (Å²) in [5.74, 6) is 0.303. The second-order valence-corrected chi connectivity index (χ2v) is 6.01. The number of carbonyl (C=O) groups excluding carboxylic acids is 1. The van der Waals surface area contributed by atoms with Crippen LogP contribution >= 0.6 is 0 Å². The molecule has 126 valence electrons. The largest absolute Gasteiger partial charge is 0.463 e. The highest BCUT2D eigenvalue weighted by atomic mass is 16.3. The lowest BCUT2D eigenvalue weighted by Gasteiger charge is -2.11. The zero-order valence-corrected chi connectivity index (χ0v) is 13.9. The van der Waals surface area contributed by atoms with Gasteiger partial charge in [0.05, 0.1) is 29.5 Å². The molecule has 3 rings (SSSR count). The summed E-state index contributed by atoms with van der Waals surface area (Å²) in [6.45, 7) is 5.80. The van der Waals surface area contributed by atoms with Crippen LogP contribution in [-0.2, 0) is 0 Å². The predicted octanol–water partition coefficient (Wildman–Crippen LogP) is 2.38. The van der Waals surface area contributed by atoms with Gasteiger partial charge >= 0.3 is 0 Å². The van der Waals surface area contributed by atoms with E-state index in [1.54, 1.807) is 42.3 Å². The molecule has 0 saturated carbocycles. The number of hydrogen-bond acceptors (Lipinski definition) is 5. The average molecular weight is 328 g/mol. The van der Waals surface area contributed by atoms with Crippen LogP contribution in [0.5, 0.6) is 0 Å². The van der Waals surface area contributed by atoms with Crippen molar-refractivity contribution in [2.75, 3.05) is 6.54 Å². The number of rotatable bonds is 5. The topological polar surface area (TPSA) is 93.2 Å². The first kappa shape index (κ1) is 16.2. The van der Waals surface area contributed by atoms with Gasteiger partial charge < -0.3 is 14.8 Å². The van der Waals surface area contributed by atoms with Crippen molar-refractivity contribution in [1.29, 1.82) is 0 Å². The van der Waals surface area contributed by atoms with E-state index >= 15 is 0 Å². The minimum Gasteiger partial charge on any atom is -0.463 e. The molecule has 0 radical (unpaired) electrons. The van der Waals surface area contributed by atoms with Crippen LogP contribution in [0.2, 0.25) is 0 Å². The fourth-order valence-corrected chi connectivity index (χ4v) is 2.47. The second-order valence-electron chi connectivity index (χ2n) is 6.01. The number of carbonyl (C=O) groups is 1. The van der Waals surface area contributed by atoms with Crippen LogP contribution in [-0.4, -0.2) is 38.4 Å². The number of fused-ring (bicyclic) bond motifs is 1. The lowest BCUT2D eigenvalue weighted by molar-refractivity contribution is 0.0925. The molecule has 3 aromatic heterocycles. The van der Waals surface area contributed by atoms with Crippen molar-refractivity contribution in [3.8, 4) is 11.5 Å². The summed E-state index contributed by atoms with van der Waals surface area (Å²) in [7, 11) is 0. The molecule has 1 unspecified atom stereocenters. The minimum absolute atomic E-state index is 0.107. The van der Waals surface area contributed by atoms with Crippen molar-refractivity contribution in [3.63, 3.8) is 0 Å². The Kier molecular flexibility index (Phi) is 4.35. The van der Waals surface area contributed by atoms with Gasteiger partial charge in [-0.05, 0) is 39.0 Å². The summed E-state index contributed by atoms with van der Waals surface area (Å²) < 4.78 is 7.19. The van der Waals surface area contributed by atoms with Crippen molar-refractivity contribution in [2.45, 2.75) is 32.9 Å². The first-order valence-corrected chi connectivity index (χ1v) is 7.85. The maximum absolute atomic E-state index is 12.5. The molecule has 0 saturated heterocycles. The van der Waals surface area contributed by atoms with E-state index in [1.165, 1.54) is 0 Å². The van der Waals surface area contributed by atoms with Gasteiger partial charge in [0.15, 0.2) is 11.4 Å². The van der Waals surface area contributed by atoms with Crippen LogP contribution < -0.4 is 5.32 Å². The monoisotopic (exact) mass is 328 g/mol. The molecule has 1 amide bonds. The first-order valence-electron chi connectivity index (χ1n) is 7.85. The number of nitrogens with zero attached hydrogens (tertiary/aromatic N) is 3. The Bertz CT molecular complexity index is 850. The zero-order valence-electron chi connectivity index (χ0n) is 13.9. The van der Waals surface area contributed by atoms with Gasteiger partial charge in [0.2, 0.25) is 0 Å². The maximum atomic E-state index is 12.5. The highest BCUT2D eigenvalue weighted by Gasteiger charge is 2.19. The van der Waals surface area contributed by atoms with Gasteiger partial charge in [0, 0.05) is 12.6 Å². The van der Waals surface area contributed by atoms with Gasteiger partial charge in [-0.2, -0.15) is 5.10 Å². The molecule has 0 aliphatic heterocycles. The highest BCUT2D eigenvalue weighted by Crippen LogP contribution is 2.26. The smallest absolute Gasteiger partial charge is 0.252 e. The number of aliphatic hydroxyl groups excluding tert-OH is 1. The third-order valence-electron chi connectivity index (χ3n) is 3.63. The SMILES string of the molecule is CC(O)CNC(=O)c1cc(-c2ccco2)nc2c1cnn2C(C)C. The molecule has 0 aliphatic carbocycles. The molecule has 2 N–H and O–H groups in total. The molecule has 7 heteroatoms. The molecule has 0 fully saturated rings. The Labute approximate surface area is 139 Å². The van der Waals surface area contributed by atoms with Gasteiger partial charge in [-0.15, -0.1) is 0 Å². The Morgan fingerprint density at radius 1 is 1.42 bits per heavy atom. The van der Waals surface area contributed by atoms with Crippen molar-refractivity contribution in [3.05, 3.63) is 36.2 Å². The Morgan fingerprint density at radius 3 is 2.83 bits per heavy atom. The summed E-state index contributed by atoms with van der Waals surface area (Å²) in [6, 6.07) is 5.36. The number of aromatic nitrogens is 3. The van der Waals surface area contributed by atoms with Crippen LogP contribution in [0, 0.1) is 0 Å². The van der Waals surface area contributed by atoms with E-state index in [0.717, 1.165) is 0 Å². The van der Waals surface area contributed by atoms with E-state index in [1.807, 2.05) is 13.8 Å². The van der Waals surface area contributed by atoms with Crippen molar-refractivity contribution in [2.24, 2.45) is 0 Å². The molecule has 7 nitrogen and oxygen atoms in total. The van der Waals surface area contributed by atoms with E-state index in [0.29, 0.717) is 28.1 Å². The Balaban J connectivity index is 2.14. The quantitative estimate of drug-likeness (QED) is 0.750. The maximum Gasteiger partial charge on any atom is 0.252 e. The molecule has 0 bridgehead atoms. The predicted molar refractivity (Wildman–Crippen MR) is 89.6 cm³/mol. The molecule has 0 spiro atoms. The normalized spacial score (nSPS) is 12.7. The number of aliphatic hydroxyl groups is 1. The molecule has 3 aromatic rings. The number of furan rings is 1. The molecule has 1 atom stereocenters. The van der Waals surface area contributed by atoms with E-state index in [2.05, 4.69) is 15.4 Å². The summed E-state index contributed by atoms with van der Waals surface area (Å²) in [5, 5.41) is 17.1. The van der Waals surface area contributed by atoms with Crippen LogP contribution in [0.1, 0.15) is 37.2 Å². The van der Waals surface area contributed by atoms with Gasteiger partial charge in [0.25, 0.3) is 5.91 Å². The highest BCUT2D eigenvalue weighted by molar-refractivity contribution is 6.06. The average Bonchev–Trinajstić information content (AvgIpc) is 3.20. The van der Waals surface area contributed by atoms with Crippen LogP contribution in [0.25, 0.3) is 22.5 Å². The molecule has 3 heterocycles. The lowest BCUT2D eigenvalue weighted by Crippen LogP contribution is -2.30. The summed E-state index contributed by atoms with van der Waals surface area (Å²) in [5.41, 5.74) is 1.65. The summed E-state index contributed by atoms with van der Waals surface area (Å²) in [6.07, 6.45) is 2.59. The van der Waals surface area contributed by atoms with Crippen molar-refractivity contribution in [1.82, 2.24) is 20.1 Å². The third kappa shape index (κ3) is 3.03. The van der Waals surface area contributed by atoms with E-state index in [9.17, 15) is 9.90 Å². The molecule has 0 aromatic carbocycles. The number of nitrogens with one attached hydrogen (secondary N) is 1. The molecule has 24 heavy (non-hydrogen) atoms. The van der Waals surface area contributed by atoms with Crippen molar-refractivity contribution < 1.29 is 14.3 Å². The van der Waals surface area contributed by atoms with E-state index in [-0.39, 0.29) is 18.5 Å². The number of pyridine rings is 1. The number of amides is 1. The molecular formula is C17H20N4O3.